The third kappa shape index (κ3) is 2.15. The van der Waals surface area contributed by atoms with Gasteiger partial charge in [-0.05, 0) is 30.3 Å². The first-order valence-corrected chi connectivity index (χ1v) is 8.11. The first-order chi connectivity index (χ1) is 12.3. The van der Waals surface area contributed by atoms with Crippen LogP contribution in [0.15, 0.2) is 85.1 Å². The van der Waals surface area contributed by atoms with Gasteiger partial charge in [0.15, 0.2) is 0 Å². The predicted octanol–water partition coefficient (Wildman–Crippen LogP) is 5.08. The second-order valence-corrected chi connectivity index (χ2v) is 5.97. The topological polar surface area (TPSA) is 22.2 Å². The lowest BCUT2D eigenvalue weighted by molar-refractivity contribution is 0.627. The molecule has 0 spiro atoms. The fourth-order valence-electron chi connectivity index (χ4n) is 3.29. The van der Waals surface area contributed by atoms with Crippen molar-refractivity contribution in [2.24, 2.45) is 0 Å². The molecule has 0 amide bonds. The normalized spacial score (nSPS) is 11.4. The molecule has 0 aliphatic rings. The van der Waals surface area contributed by atoms with Crippen molar-refractivity contribution in [2.45, 2.75) is 0 Å². The average Bonchev–Trinajstić information content (AvgIpc) is 3.18. The molecule has 0 saturated carbocycles. The minimum absolute atomic E-state index is 0.264. The second-order valence-electron chi connectivity index (χ2n) is 5.97. The van der Waals surface area contributed by atoms with Gasteiger partial charge >= 0.3 is 0 Å². The molecule has 0 aliphatic heterocycles. The molecule has 25 heavy (non-hydrogen) atoms. The molecule has 0 radical (unpaired) electrons. The molecular weight excluding hydrogens is 313 g/mol. The first-order valence-electron chi connectivity index (χ1n) is 8.11. The molecule has 2 heterocycles. The van der Waals surface area contributed by atoms with E-state index in [1.54, 1.807) is 6.07 Å². The quantitative estimate of drug-likeness (QED) is 0.443. The second kappa shape index (κ2) is 5.31. The Balaban J connectivity index is 1.91. The summed E-state index contributed by atoms with van der Waals surface area (Å²) in [6, 6.07) is 24.7. The molecule has 0 aliphatic carbocycles. The van der Waals surface area contributed by atoms with E-state index in [2.05, 4.69) is 10.6 Å². The van der Waals surface area contributed by atoms with Crippen LogP contribution in [0.3, 0.4) is 0 Å². The number of rotatable bonds is 2. The Morgan fingerprint density at radius 2 is 1.60 bits per heavy atom. The summed E-state index contributed by atoms with van der Waals surface area (Å²) in [7, 11) is 0. The van der Waals surface area contributed by atoms with Crippen LogP contribution >= 0.6 is 0 Å². The number of imidazole rings is 2. The Bertz CT molecular complexity index is 1200. The maximum atomic E-state index is 13.9. The highest BCUT2D eigenvalue weighted by atomic mass is 19.1. The molecule has 5 aromatic rings. The standard InChI is InChI=1S/C21H14FN3/c22-16-9-6-10-17(13-16)25-20(15-7-2-1-3-8-15)14-24-19-12-5-4-11-18(19)23-21(24)25/h1-14H. The van der Waals surface area contributed by atoms with Gasteiger partial charge in [0.05, 0.1) is 22.4 Å². The number of para-hydroxylation sites is 2. The SMILES string of the molecule is Fc1cccc(-n2c(-c3ccccc3)cn3c4ccccc4nc23)c1. The monoisotopic (exact) mass is 327 g/mol. The summed E-state index contributed by atoms with van der Waals surface area (Å²) in [5, 5.41) is 0. The van der Waals surface area contributed by atoms with Crippen LogP contribution in [-0.2, 0) is 0 Å². The fourth-order valence-corrected chi connectivity index (χ4v) is 3.29. The highest BCUT2D eigenvalue weighted by Crippen LogP contribution is 2.29. The molecule has 120 valence electrons. The number of fused-ring (bicyclic) bond motifs is 3. The van der Waals surface area contributed by atoms with Crippen molar-refractivity contribution in [1.82, 2.24) is 14.0 Å². The molecular formula is C21H14FN3. The summed E-state index contributed by atoms with van der Waals surface area (Å²) >= 11 is 0. The number of hydrogen-bond donors (Lipinski definition) is 0. The van der Waals surface area contributed by atoms with E-state index in [4.69, 9.17) is 4.98 Å². The van der Waals surface area contributed by atoms with Gasteiger partial charge < -0.3 is 0 Å². The van der Waals surface area contributed by atoms with Gasteiger partial charge in [-0.3, -0.25) is 8.97 Å². The summed E-state index contributed by atoms with van der Waals surface area (Å²) in [5.74, 6) is 0.505. The highest BCUT2D eigenvalue weighted by molar-refractivity contribution is 5.82. The van der Waals surface area contributed by atoms with E-state index in [1.165, 1.54) is 12.1 Å². The molecule has 2 aromatic heterocycles. The van der Waals surface area contributed by atoms with Crippen LogP contribution in [0.5, 0.6) is 0 Å². The lowest BCUT2D eigenvalue weighted by atomic mass is 10.1. The Labute approximate surface area is 143 Å². The summed E-state index contributed by atoms with van der Waals surface area (Å²) in [5.41, 5.74) is 4.73. The Kier molecular flexibility index (Phi) is 2.97. The molecule has 0 saturated heterocycles. The summed E-state index contributed by atoms with van der Waals surface area (Å²) in [4.78, 5) is 4.77. The van der Waals surface area contributed by atoms with Crippen LogP contribution in [0.2, 0.25) is 0 Å². The molecule has 3 aromatic carbocycles. The van der Waals surface area contributed by atoms with E-state index in [0.717, 1.165) is 33.8 Å². The van der Waals surface area contributed by atoms with E-state index < -0.39 is 0 Å². The van der Waals surface area contributed by atoms with Crippen molar-refractivity contribution in [3.63, 3.8) is 0 Å². The maximum Gasteiger partial charge on any atom is 0.220 e. The van der Waals surface area contributed by atoms with Gasteiger partial charge in [-0.2, -0.15) is 0 Å². The first kappa shape index (κ1) is 14.0. The van der Waals surface area contributed by atoms with Gasteiger partial charge in [0, 0.05) is 11.8 Å². The minimum atomic E-state index is -0.264. The Morgan fingerprint density at radius 3 is 2.44 bits per heavy atom. The molecule has 0 unspecified atom stereocenters. The smallest absolute Gasteiger partial charge is 0.220 e. The van der Waals surface area contributed by atoms with Crippen LogP contribution in [-0.4, -0.2) is 14.0 Å². The van der Waals surface area contributed by atoms with Gasteiger partial charge in [-0.1, -0.05) is 48.5 Å². The fraction of sp³-hybridized carbons (Fsp3) is 0. The predicted molar refractivity (Wildman–Crippen MR) is 97.4 cm³/mol. The average molecular weight is 327 g/mol. The van der Waals surface area contributed by atoms with Crippen molar-refractivity contribution < 1.29 is 4.39 Å². The largest absolute Gasteiger partial charge is 0.283 e. The molecule has 3 nitrogen and oxygen atoms in total. The van der Waals surface area contributed by atoms with Gasteiger partial charge in [0.2, 0.25) is 5.78 Å². The zero-order valence-electron chi connectivity index (χ0n) is 13.3. The molecule has 0 atom stereocenters. The van der Waals surface area contributed by atoms with Gasteiger partial charge in [0.25, 0.3) is 0 Å². The van der Waals surface area contributed by atoms with E-state index in [1.807, 2.05) is 65.2 Å². The number of nitrogens with zero attached hydrogens (tertiary/aromatic N) is 3. The number of benzene rings is 3. The van der Waals surface area contributed by atoms with Gasteiger partial charge in [-0.25, -0.2) is 9.37 Å². The van der Waals surface area contributed by atoms with E-state index in [-0.39, 0.29) is 5.82 Å². The van der Waals surface area contributed by atoms with Gasteiger partial charge in [0.1, 0.15) is 5.82 Å². The van der Waals surface area contributed by atoms with Crippen LogP contribution in [0.25, 0.3) is 33.8 Å². The van der Waals surface area contributed by atoms with E-state index in [0.29, 0.717) is 0 Å². The molecule has 4 heteroatoms. The number of hydrogen-bond acceptors (Lipinski definition) is 1. The van der Waals surface area contributed by atoms with Crippen molar-refractivity contribution in [3.8, 4) is 16.9 Å². The van der Waals surface area contributed by atoms with E-state index in [9.17, 15) is 4.39 Å². The maximum absolute atomic E-state index is 13.9. The Hall–Kier alpha value is -3.40. The summed E-state index contributed by atoms with van der Waals surface area (Å²) < 4.78 is 17.9. The minimum Gasteiger partial charge on any atom is -0.283 e. The van der Waals surface area contributed by atoms with Crippen molar-refractivity contribution in [3.05, 3.63) is 90.9 Å². The third-order valence-corrected chi connectivity index (χ3v) is 4.41. The molecule has 0 fully saturated rings. The van der Waals surface area contributed by atoms with Crippen LogP contribution in [0.1, 0.15) is 0 Å². The summed E-state index contributed by atoms with van der Waals surface area (Å²) in [6.07, 6.45) is 2.06. The van der Waals surface area contributed by atoms with Crippen molar-refractivity contribution in [1.29, 1.82) is 0 Å². The van der Waals surface area contributed by atoms with Crippen LogP contribution in [0.4, 0.5) is 4.39 Å². The molecule has 5 rings (SSSR count). The van der Waals surface area contributed by atoms with Gasteiger partial charge in [-0.15, -0.1) is 0 Å². The van der Waals surface area contributed by atoms with Crippen LogP contribution in [0, 0.1) is 5.82 Å². The number of aromatic nitrogens is 3. The highest BCUT2D eigenvalue weighted by Gasteiger charge is 2.16. The zero-order valence-corrected chi connectivity index (χ0v) is 13.3. The third-order valence-electron chi connectivity index (χ3n) is 4.41. The van der Waals surface area contributed by atoms with Crippen molar-refractivity contribution >= 4 is 16.8 Å². The van der Waals surface area contributed by atoms with Crippen molar-refractivity contribution in [2.75, 3.05) is 0 Å². The molecule has 0 N–H and O–H groups in total. The van der Waals surface area contributed by atoms with Crippen LogP contribution < -0.4 is 0 Å². The zero-order chi connectivity index (χ0) is 16.8. The van der Waals surface area contributed by atoms with E-state index >= 15 is 0 Å². The number of halogens is 1. The lowest BCUT2D eigenvalue weighted by Crippen LogP contribution is -1.98. The lowest BCUT2D eigenvalue weighted by Gasteiger charge is -2.09. The summed E-state index contributed by atoms with van der Waals surface area (Å²) in [6.45, 7) is 0. The molecule has 0 bridgehead atoms. The Morgan fingerprint density at radius 1 is 0.800 bits per heavy atom.